The lowest BCUT2D eigenvalue weighted by molar-refractivity contribution is -0.130. The Morgan fingerprint density at radius 1 is 1.00 bits per heavy atom. The second-order valence-corrected chi connectivity index (χ2v) is 8.61. The summed E-state index contributed by atoms with van der Waals surface area (Å²) in [7, 11) is 1.27. The number of esters is 1. The SMILES string of the molecule is C=CCOc1ccc(C[C@H](NC(C)=O)C(=O)N[C@@H](CCCCN)C(=O)Nc2cccc(C(=O)OC)c2)cc1. The maximum absolute atomic E-state index is 13.2. The molecule has 0 spiro atoms. The van der Waals surface area contributed by atoms with E-state index in [-0.39, 0.29) is 17.9 Å². The molecule has 0 radical (unpaired) electrons. The molecule has 2 atom stereocenters. The van der Waals surface area contributed by atoms with Gasteiger partial charge < -0.3 is 31.2 Å². The molecule has 38 heavy (non-hydrogen) atoms. The van der Waals surface area contributed by atoms with E-state index >= 15 is 0 Å². The third-order valence-corrected chi connectivity index (χ3v) is 5.56. The van der Waals surface area contributed by atoms with Crippen LogP contribution in [0.25, 0.3) is 0 Å². The Balaban J connectivity index is 2.16. The molecule has 0 bridgehead atoms. The Hall–Kier alpha value is -4.18. The molecular weight excluding hydrogens is 488 g/mol. The van der Waals surface area contributed by atoms with Gasteiger partial charge in [-0.15, -0.1) is 0 Å². The maximum atomic E-state index is 13.2. The molecule has 0 saturated carbocycles. The summed E-state index contributed by atoms with van der Waals surface area (Å²) in [5.41, 5.74) is 7.07. The molecule has 0 aromatic heterocycles. The Morgan fingerprint density at radius 3 is 2.37 bits per heavy atom. The third kappa shape index (κ3) is 10.1. The quantitative estimate of drug-likeness (QED) is 0.159. The standard InChI is InChI=1S/C28H36N4O6/c1-4-16-38-23-13-11-20(12-14-23)17-25(30-19(2)33)27(35)32-24(10-5-6-15-29)26(34)31-22-9-7-8-21(18-22)28(36)37-3/h4,7-9,11-14,18,24-25H,1,5-6,10,15-17,29H2,2-3H3,(H,30,33)(H,31,34)(H,32,35)/t24-,25-/m0/s1. The van der Waals surface area contributed by atoms with Gasteiger partial charge in [0.05, 0.1) is 12.7 Å². The number of benzene rings is 2. The van der Waals surface area contributed by atoms with Crippen molar-refractivity contribution in [3.05, 3.63) is 72.3 Å². The van der Waals surface area contributed by atoms with E-state index in [1.54, 1.807) is 48.5 Å². The highest BCUT2D eigenvalue weighted by Crippen LogP contribution is 2.15. The van der Waals surface area contributed by atoms with E-state index in [0.717, 1.165) is 5.56 Å². The molecular formula is C28H36N4O6. The number of amides is 3. The largest absolute Gasteiger partial charge is 0.490 e. The lowest BCUT2D eigenvalue weighted by atomic mass is 10.0. The van der Waals surface area contributed by atoms with Crippen molar-refractivity contribution in [3.8, 4) is 5.75 Å². The van der Waals surface area contributed by atoms with E-state index in [1.807, 2.05) is 0 Å². The molecule has 10 nitrogen and oxygen atoms in total. The first-order chi connectivity index (χ1) is 18.3. The molecule has 204 valence electrons. The average molecular weight is 525 g/mol. The number of methoxy groups -OCH3 is 1. The molecule has 2 aromatic carbocycles. The van der Waals surface area contributed by atoms with Crippen molar-refractivity contribution in [2.75, 3.05) is 25.6 Å². The van der Waals surface area contributed by atoms with E-state index in [4.69, 9.17) is 15.2 Å². The molecule has 0 aliphatic carbocycles. The second kappa shape index (κ2) is 15.8. The summed E-state index contributed by atoms with van der Waals surface area (Å²) in [6, 6.07) is 11.7. The van der Waals surface area contributed by atoms with Crippen LogP contribution < -0.4 is 26.4 Å². The van der Waals surface area contributed by atoms with Gasteiger partial charge in [0.25, 0.3) is 0 Å². The summed E-state index contributed by atoms with van der Waals surface area (Å²) in [5.74, 6) is -1.21. The predicted molar refractivity (Wildman–Crippen MR) is 145 cm³/mol. The third-order valence-electron chi connectivity index (χ3n) is 5.56. The Bertz CT molecular complexity index is 1100. The maximum Gasteiger partial charge on any atom is 0.337 e. The summed E-state index contributed by atoms with van der Waals surface area (Å²) < 4.78 is 10.2. The first-order valence-corrected chi connectivity index (χ1v) is 12.4. The topological polar surface area (TPSA) is 149 Å². The lowest BCUT2D eigenvalue weighted by Gasteiger charge is -2.23. The van der Waals surface area contributed by atoms with Gasteiger partial charge >= 0.3 is 5.97 Å². The highest BCUT2D eigenvalue weighted by Gasteiger charge is 2.26. The van der Waals surface area contributed by atoms with Crippen LogP contribution in [0.15, 0.2) is 61.2 Å². The number of rotatable bonds is 15. The number of carbonyl (C=O) groups is 4. The second-order valence-electron chi connectivity index (χ2n) is 8.61. The van der Waals surface area contributed by atoms with Crippen LogP contribution in [0.2, 0.25) is 0 Å². The van der Waals surface area contributed by atoms with Crippen molar-refractivity contribution < 1.29 is 28.7 Å². The summed E-state index contributed by atoms with van der Waals surface area (Å²) in [5, 5.41) is 8.19. The fourth-order valence-electron chi connectivity index (χ4n) is 3.67. The number of carbonyl (C=O) groups excluding carboxylic acids is 4. The van der Waals surface area contributed by atoms with Gasteiger partial charge in [-0.2, -0.15) is 0 Å². The Labute approximate surface area is 223 Å². The Morgan fingerprint density at radius 2 is 1.74 bits per heavy atom. The molecule has 0 aliphatic rings. The van der Waals surface area contributed by atoms with Crippen LogP contribution in [0.5, 0.6) is 5.75 Å². The van der Waals surface area contributed by atoms with Gasteiger partial charge in [0, 0.05) is 19.0 Å². The highest BCUT2D eigenvalue weighted by atomic mass is 16.5. The van der Waals surface area contributed by atoms with E-state index in [1.165, 1.54) is 20.1 Å². The Kier molecular flexibility index (Phi) is 12.5. The minimum Gasteiger partial charge on any atom is -0.490 e. The van der Waals surface area contributed by atoms with Gasteiger partial charge in [0.1, 0.15) is 24.4 Å². The first-order valence-electron chi connectivity index (χ1n) is 12.4. The number of anilines is 1. The number of nitrogens with one attached hydrogen (secondary N) is 3. The average Bonchev–Trinajstić information content (AvgIpc) is 2.91. The van der Waals surface area contributed by atoms with Crippen molar-refractivity contribution in [2.45, 2.75) is 44.7 Å². The van der Waals surface area contributed by atoms with Gasteiger partial charge in [-0.1, -0.05) is 30.9 Å². The van der Waals surface area contributed by atoms with Crippen molar-refractivity contribution in [1.82, 2.24) is 10.6 Å². The molecule has 2 aromatic rings. The van der Waals surface area contributed by atoms with E-state index in [0.29, 0.717) is 43.9 Å². The van der Waals surface area contributed by atoms with E-state index in [2.05, 4.69) is 22.5 Å². The first kappa shape index (κ1) is 30.0. The normalized spacial score (nSPS) is 12.0. The van der Waals surface area contributed by atoms with Gasteiger partial charge in [0.2, 0.25) is 17.7 Å². The van der Waals surface area contributed by atoms with Crippen molar-refractivity contribution >= 4 is 29.4 Å². The molecule has 0 aliphatic heterocycles. The van der Waals surface area contributed by atoms with Crippen LogP contribution in [-0.2, 0) is 25.5 Å². The summed E-state index contributed by atoms with van der Waals surface area (Å²) in [6.45, 7) is 5.76. The van der Waals surface area contributed by atoms with Crippen molar-refractivity contribution in [3.63, 3.8) is 0 Å². The number of nitrogens with two attached hydrogens (primary N) is 1. The molecule has 0 heterocycles. The lowest BCUT2D eigenvalue weighted by Crippen LogP contribution is -2.53. The molecule has 3 amide bonds. The minimum atomic E-state index is -0.903. The zero-order valence-corrected chi connectivity index (χ0v) is 21.8. The van der Waals surface area contributed by atoms with Gasteiger partial charge in [-0.25, -0.2) is 4.79 Å². The molecule has 0 fully saturated rings. The fourth-order valence-corrected chi connectivity index (χ4v) is 3.67. The van der Waals surface area contributed by atoms with E-state index < -0.39 is 29.9 Å². The fraction of sp³-hybridized carbons (Fsp3) is 0.357. The number of hydrogen-bond donors (Lipinski definition) is 4. The monoisotopic (exact) mass is 524 g/mol. The molecule has 10 heteroatoms. The predicted octanol–water partition coefficient (Wildman–Crippen LogP) is 2.34. The van der Waals surface area contributed by atoms with Crippen LogP contribution in [0.4, 0.5) is 5.69 Å². The van der Waals surface area contributed by atoms with Crippen molar-refractivity contribution in [1.29, 1.82) is 0 Å². The molecule has 5 N–H and O–H groups in total. The summed E-state index contributed by atoms with van der Waals surface area (Å²) in [4.78, 5) is 50.1. The summed E-state index contributed by atoms with van der Waals surface area (Å²) >= 11 is 0. The number of unbranched alkanes of at least 4 members (excludes halogenated alkanes) is 1. The minimum absolute atomic E-state index is 0.214. The van der Waals surface area contributed by atoms with Gasteiger partial charge in [-0.05, 0) is 61.7 Å². The highest BCUT2D eigenvalue weighted by molar-refractivity contribution is 5.99. The zero-order valence-electron chi connectivity index (χ0n) is 21.8. The van der Waals surface area contributed by atoms with Crippen LogP contribution in [0.3, 0.4) is 0 Å². The van der Waals surface area contributed by atoms with Gasteiger partial charge in [0.15, 0.2) is 0 Å². The zero-order chi connectivity index (χ0) is 27.9. The van der Waals surface area contributed by atoms with E-state index in [9.17, 15) is 19.2 Å². The smallest absolute Gasteiger partial charge is 0.337 e. The number of ether oxygens (including phenoxy) is 2. The van der Waals surface area contributed by atoms with Crippen LogP contribution in [0, 0.1) is 0 Å². The summed E-state index contributed by atoms with van der Waals surface area (Å²) in [6.07, 6.45) is 3.47. The van der Waals surface area contributed by atoms with Crippen molar-refractivity contribution in [2.24, 2.45) is 5.73 Å². The van der Waals surface area contributed by atoms with Crippen LogP contribution in [0.1, 0.15) is 42.1 Å². The number of hydrogen-bond acceptors (Lipinski definition) is 7. The van der Waals surface area contributed by atoms with Crippen LogP contribution in [-0.4, -0.2) is 56.0 Å². The van der Waals surface area contributed by atoms with Crippen LogP contribution >= 0.6 is 0 Å². The van der Waals surface area contributed by atoms with Gasteiger partial charge in [-0.3, -0.25) is 14.4 Å². The molecule has 0 unspecified atom stereocenters. The molecule has 0 saturated heterocycles. The molecule has 2 rings (SSSR count).